The molecule has 2 rings (SSSR count). The third-order valence-corrected chi connectivity index (χ3v) is 3.76. The fourth-order valence-electron chi connectivity index (χ4n) is 2.03. The maximum atomic E-state index is 9.32. The predicted molar refractivity (Wildman–Crippen MR) is 71.7 cm³/mol. The molecular formula is C13H21NO3S. The fourth-order valence-corrected chi connectivity index (χ4v) is 2.74. The molecule has 0 amide bonds. The largest absolute Gasteiger partial charge is 0.394 e. The van der Waals surface area contributed by atoms with Crippen LogP contribution < -0.4 is 5.32 Å². The zero-order valence-corrected chi connectivity index (χ0v) is 11.3. The van der Waals surface area contributed by atoms with Crippen LogP contribution >= 0.6 is 11.3 Å². The van der Waals surface area contributed by atoms with E-state index in [1.165, 1.54) is 6.42 Å². The zero-order chi connectivity index (χ0) is 12.6. The molecule has 1 aliphatic rings. The van der Waals surface area contributed by atoms with Crippen LogP contribution in [0, 0.1) is 0 Å². The van der Waals surface area contributed by atoms with Crippen molar-refractivity contribution in [3.63, 3.8) is 0 Å². The zero-order valence-electron chi connectivity index (χ0n) is 10.5. The molecule has 2 atom stereocenters. The topological polar surface area (TPSA) is 50.7 Å². The molecule has 2 N–H and O–H groups in total. The van der Waals surface area contributed by atoms with Gasteiger partial charge in [-0.3, -0.25) is 0 Å². The smallest absolute Gasteiger partial charge is 0.157 e. The van der Waals surface area contributed by atoms with Gasteiger partial charge in [0.15, 0.2) is 6.29 Å². The van der Waals surface area contributed by atoms with E-state index in [1.807, 2.05) is 11.4 Å². The van der Waals surface area contributed by atoms with Gasteiger partial charge in [0.2, 0.25) is 0 Å². The van der Waals surface area contributed by atoms with Crippen molar-refractivity contribution >= 4 is 11.3 Å². The normalized spacial score (nSPS) is 21.9. The van der Waals surface area contributed by atoms with Gasteiger partial charge in [-0.05, 0) is 41.7 Å². The average Bonchev–Trinajstić information content (AvgIpc) is 2.94. The first-order valence-electron chi connectivity index (χ1n) is 6.49. The first kappa shape index (κ1) is 14.0. The van der Waals surface area contributed by atoms with Crippen LogP contribution in [0.25, 0.3) is 0 Å². The van der Waals surface area contributed by atoms with Crippen molar-refractivity contribution in [1.29, 1.82) is 0 Å². The minimum Gasteiger partial charge on any atom is -0.394 e. The third-order valence-electron chi connectivity index (χ3n) is 3.06. The number of nitrogens with one attached hydrogen (secondary N) is 1. The lowest BCUT2D eigenvalue weighted by Crippen LogP contribution is -2.30. The van der Waals surface area contributed by atoms with Crippen molar-refractivity contribution in [2.45, 2.75) is 31.6 Å². The molecule has 1 aromatic rings. The summed E-state index contributed by atoms with van der Waals surface area (Å²) in [5.74, 6) is 0. The van der Waals surface area contributed by atoms with Crippen molar-refractivity contribution < 1.29 is 14.6 Å². The Kier molecular flexibility index (Phi) is 6.10. The van der Waals surface area contributed by atoms with E-state index in [9.17, 15) is 5.11 Å². The van der Waals surface area contributed by atoms with Crippen molar-refractivity contribution in [2.24, 2.45) is 0 Å². The Hall–Kier alpha value is -0.460. The van der Waals surface area contributed by atoms with Gasteiger partial charge >= 0.3 is 0 Å². The molecule has 18 heavy (non-hydrogen) atoms. The summed E-state index contributed by atoms with van der Waals surface area (Å²) >= 11 is 1.64. The molecule has 1 saturated heterocycles. The molecule has 4 nitrogen and oxygen atoms in total. The molecule has 102 valence electrons. The maximum absolute atomic E-state index is 9.32. The van der Waals surface area contributed by atoms with Gasteiger partial charge in [-0.1, -0.05) is 0 Å². The number of rotatable bonds is 7. The minimum atomic E-state index is -0.0331. The summed E-state index contributed by atoms with van der Waals surface area (Å²) in [5.41, 5.74) is 1.14. The van der Waals surface area contributed by atoms with E-state index in [4.69, 9.17) is 9.47 Å². The van der Waals surface area contributed by atoms with Gasteiger partial charge < -0.3 is 19.9 Å². The lowest BCUT2D eigenvalue weighted by atomic mass is 10.1. The van der Waals surface area contributed by atoms with Crippen LogP contribution in [0.3, 0.4) is 0 Å². The molecule has 2 heterocycles. The number of aliphatic hydroxyl groups is 1. The molecular weight excluding hydrogens is 250 g/mol. The highest BCUT2D eigenvalue weighted by Gasteiger charge is 2.14. The van der Waals surface area contributed by atoms with E-state index in [0.717, 1.165) is 31.6 Å². The Morgan fingerprint density at radius 3 is 3.17 bits per heavy atom. The van der Waals surface area contributed by atoms with Gasteiger partial charge in [0, 0.05) is 13.2 Å². The lowest BCUT2D eigenvalue weighted by molar-refractivity contribution is -0.161. The summed E-state index contributed by atoms with van der Waals surface area (Å²) in [4.78, 5) is 0. The number of aliphatic hydroxyl groups excluding tert-OH is 1. The Bertz CT molecular complexity index is 312. The summed E-state index contributed by atoms with van der Waals surface area (Å²) in [5, 5.41) is 16.7. The predicted octanol–water partition coefficient (Wildman–Crippen LogP) is 1.91. The summed E-state index contributed by atoms with van der Waals surface area (Å²) in [6.45, 7) is 2.26. The van der Waals surface area contributed by atoms with E-state index in [-0.39, 0.29) is 18.9 Å². The highest BCUT2D eigenvalue weighted by molar-refractivity contribution is 7.07. The quantitative estimate of drug-likeness (QED) is 0.744. The number of hydrogen-bond donors (Lipinski definition) is 2. The molecule has 0 saturated carbocycles. The monoisotopic (exact) mass is 271 g/mol. The van der Waals surface area contributed by atoms with Gasteiger partial charge in [0.05, 0.1) is 19.3 Å². The molecule has 0 radical (unpaired) electrons. The Morgan fingerprint density at radius 1 is 1.56 bits per heavy atom. The first-order valence-corrected chi connectivity index (χ1v) is 7.44. The van der Waals surface area contributed by atoms with Crippen molar-refractivity contribution in [3.8, 4) is 0 Å². The standard InChI is InChI=1S/C13H21NO3S/c15-9-12(11-4-8-18-10-11)14-5-7-17-13-3-1-2-6-16-13/h4,8,10,12-15H,1-3,5-7,9H2/t12-,13-/m0/s1. The molecule has 0 bridgehead atoms. The Labute approximate surface area is 112 Å². The van der Waals surface area contributed by atoms with Gasteiger partial charge in [-0.15, -0.1) is 0 Å². The highest BCUT2D eigenvalue weighted by Crippen LogP contribution is 2.16. The Balaban J connectivity index is 1.61. The van der Waals surface area contributed by atoms with Crippen LogP contribution in [-0.4, -0.2) is 37.8 Å². The van der Waals surface area contributed by atoms with Crippen molar-refractivity contribution in [3.05, 3.63) is 22.4 Å². The second-order valence-corrected chi connectivity index (χ2v) is 5.19. The van der Waals surface area contributed by atoms with Crippen LogP contribution in [0.5, 0.6) is 0 Å². The summed E-state index contributed by atoms with van der Waals surface area (Å²) in [7, 11) is 0. The average molecular weight is 271 g/mol. The molecule has 0 aromatic carbocycles. The molecule has 0 aliphatic carbocycles. The highest BCUT2D eigenvalue weighted by atomic mass is 32.1. The van der Waals surface area contributed by atoms with Gasteiger partial charge in [-0.25, -0.2) is 0 Å². The van der Waals surface area contributed by atoms with Crippen molar-refractivity contribution in [2.75, 3.05) is 26.4 Å². The molecule has 0 spiro atoms. The number of thiophene rings is 1. The van der Waals surface area contributed by atoms with E-state index in [2.05, 4.69) is 10.7 Å². The van der Waals surface area contributed by atoms with Crippen LogP contribution in [-0.2, 0) is 9.47 Å². The summed E-state index contributed by atoms with van der Waals surface area (Å²) in [6.07, 6.45) is 3.29. The molecule has 1 aromatic heterocycles. The van der Waals surface area contributed by atoms with Crippen LogP contribution in [0.15, 0.2) is 16.8 Å². The summed E-state index contributed by atoms with van der Waals surface area (Å²) in [6, 6.07) is 2.04. The van der Waals surface area contributed by atoms with Gasteiger partial charge in [-0.2, -0.15) is 11.3 Å². The second kappa shape index (κ2) is 7.86. The van der Waals surface area contributed by atoms with Crippen molar-refractivity contribution in [1.82, 2.24) is 5.32 Å². The van der Waals surface area contributed by atoms with E-state index >= 15 is 0 Å². The van der Waals surface area contributed by atoms with Crippen LogP contribution in [0.4, 0.5) is 0 Å². The van der Waals surface area contributed by atoms with Crippen LogP contribution in [0.2, 0.25) is 0 Å². The van der Waals surface area contributed by atoms with E-state index in [1.54, 1.807) is 11.3 Å². The molecule has 1 fully saturated rings. The molecule has 0 unspecified atom stereocenters. The van der Waals surface area contributed by atoms with Gasteiger partial charge in [0.25, 0.3) is 0 Å². The SMILES string of the molecule is OC[C@H](NCCO[C@H]1CCCCO1)c1ccsc1. The van der Waals surface area contributed by atoms with E-state index < -0.39 is 0 Å². The molecule has 5 heteroatoms. The Morgan fingerprint density at radius 2 is 2.50 bits per heavy atom. The van der Waals surface area contributed by atoms with Crippen LogP contribution in [0.1, 0.15) is 30.9 Å². The second-order valence-electron chi connectivity index (χ2n) is 4.41. The number of hydrogen-bond acceptors (Lipinski definition) is 5. The van der Waals surface area contributed by atoms with E-state index in [0.29, 0.717) is 6.61 Å². The fraction of sp³-hybridized carbons (Fsp3) is 0.692. The first-order chi connectivity index (χ1) is 8.90. The maximum Gasteiger partial charge on any atom is 0.157 e. The van der Waals surface area contributed by atoms with Gasteiger partial charge in [0.1, 0.15) is 0 Å². The summed E-state index contributed by atoms with van der Waals surface area (Å²) < 4.78 is 11.1. The molecule has 1 aliphatic heterocycles. The number of ether oxygens (including phenoxy) is 2. The third kappa shape index (κ3) is 4.33. The lowest BCUT2D eigenvalue weighted by Gasteiger charge is -2.23. The minimum absolute atomic E-state index is 0.00660.